The van der Waals surface area contributed by atoms with E-state index in [2.05, 4.69) is 19.8 Å². The highest BCUT2D eigenvalue weighted by Crippen LogP contribution is 2.20. The van der Waals surface area contributed by atoms with Gasteiger partial charge in [-0.15, -0.1) is 0 Å². The zero-order valence-electron chi connectivity index (χ0n) is 13.4. The number of aromatic nitrogens is 1. The van der Waals surface area contributed by atoms with Gasteiger partial charge in [0.25, 0.3) is 5.91 Å². The maximum atomic E-state index is 12.1. The summed E-state index contributed by atoms with van der Waals surface area (Å²) in [6, 6.07) is 3.03. The van der Waals surface area contributed by atoms with Crippen LogP contribution in [-0.4, -0.2) is 54.2 Å². The van der Waals surface area contributed by atoms with E-state index in [1.165, 1.54) is 19.2 Å². The van der Waals surface area contributed by atoms with Gasteiger partial charge in [0.05, 0.1) is 14.2 Å². The maximum absolute atomic E-state index is 12.1. The lowest BCUT2D eigenvalue weighted by molar-refractivity contribution is -0.162. The molecule has 1 aromatic rings. The molecule has 9 nitrogen and oxygen atoms in total. The number of carboxylic acids is 1. The third kappa shape index (κ3) is 4.51. The summed E-state index contributed by atoms with van der Waals surface area (Å²) in [5.74, 6) is -6.67. The van der Waals surface area contributed by atoms with Gasteiger partial charge in [0.2, 0.25) is 0 Å². The normalized spacial score (nSPS) is 12.8. The van der Waals surface area contributed by atoms with Crippen molar-refractivity contribution in [2.75, 3.05) is 14.2 Å². The molecule has 24 heavy (non-hydrogen) atoms. The first-order valence-corrected chi connectivity index (χ1v) is 6.93. The Morgan fingerprint density at radius 1 is 1.12 bits per heavy atom. The summed E-state index contributed by atoms with van der Waals surface area (Å²) < 4.78 is 9.04. The zero-order valence-corrected chi connectivity index (χ0v) is 13.4. The summed E-state index contributed by atoms with van der Waals surface area (Å²) in [5, 5.41) is 11.6. The van der Waals surface area contributed by atoms with Crippen molar-refractivity contribution in [2.45, 2.75) is 13.0 Å². The predicted octanol–water partition coefficient (Wildman–Crippen LogP) is -0.137. The molecule has 0 radical (unpaired) electrons. The summed E-state index contributed by atoms with van der Waals surface area (Å²) in [7, 11) is 2.13. The highest BCUT2D eigenvalue weighted by molar-refractivity contribution is 5.98. The second-order valence-corrected chi connectivity index (χ2v) is 4.89. The third-order valence-corrected chi connectivity index (χ3v) is 3.41. The Morgan fingerprint density at radius 3 is 2.12 bits per heavy atom. The number of carboxylic acid groups (broad SMARTS) is 1. The first kappa shape index (κ1) is 19.1. The van der Waals surface area contributed by atoms with Crippen LogP contribution in [0.2, 0.25) is 0 Å². The van der Waals surface area contributed by atoms with E-state index in [1.807, 2.05) is 0 Å². The SMILES string of the molecule is COC(=O)C(C(=O)OC)[C@H](C)[C@@H](NC(=O)c1ccccn1)C(=O)O. The van der Waals surface area contributed by atoms with E-state index in [9.17, 15) is 24.3 Å². The Morgan fingerprint density at radius 2 is 1.71 bits per heavy atom. The number of carbonyl (C=O) groups excluding carboxylic acids is 3. The average molecular weight is 338 g/mol. The molecule has 1 rings (SSSR count). The Balaban J connectivity index is 3.04. The fourth-order valence-corrected chi connectivity index (χ4v) is 2.10. The molecule has 0 aliphatic carbocycles. The summed E-state index contributed by atoms with van der Waals surface area (Å²) in [4.78, 5) is 51.0. The molecule has 0 aliphatic heterocycles. The smallest absolute Gasteiger partial charge is 0.326 e. The van der Waals surface area contributed by atoms with Crippen LogP contribution in [0.4, 0.5) is 0 Å². The Bertz CT molecular complexity index is 602. The van der Waals surface area contributed by atoms with Crippen molar-refractivity contribution in [1.29, 1.82) is 0 Å². The van der Waals surface area contributed by atoms with Gasteiger partial charge in [0, 0.05) is 12.1 Å². The fourth-order valence-electron chi connectivity index (χ4n) is 2.10. The van der Waals surface area contributed by atoms with Gasteiger partial charge >= 0.3 is 17.9 Å². The molecule has 9 heteroatoms. The van der Waals surface area contributed by atoms with Crippen LogP contribution in [0.1, 0.15) is 17.4 Å². The molecule has 0 saturated heterocycles. The molecule has 1 amide bonds. The second-order valence-electron chi connectivity index (χ2n) is 4.89. The molecule has 0 bridgehead atoms. The number of hydrogen-bond donors (Lipinski definition) is 2. The first-order valence-electron chi connectivity index (χ1n) is 6.93. The quantitative estimate of drug-likeness (QED) is 0.519. The number of hydrogen-bond acceptors (Lipinski definition) is 7. The van der Waals surface area contributed by atoms with E-state index in [0.29, 0.717) is 0 Å². The number of aliphatic carboxylic acids is 1. The molecule has 2 atom stereocenters. The van der Waals surface area contributed by atoms with Crippen LogP contribution in [-0.2, 0) is 23.9 Å². The Labute approximate surface area is 138 Å². The van der Waals surface area contributed by atoms with E-state index in [0.717, 1.165) is 14.2 Å². The van der Waals surface area contributed by atoms with Crippen molar-refractivity contribution in [3.8, 4) is 0 Å². The molecular formula is C15H18N2O7. The summed E-state index contributed by atoms with van der Waals surface area (Å²) in [5.41, 5.74) is 0.00337. The van der Waals surface area contributed by atoms with Crippen LogP contribution in [0.25, 0.3) is 0 Å². The van der Waals surface area contributed by atoms with E-state index >= 15 is 0 Å². The summed E-state index contributed by atoms with van der Waals surface area (Å²) in [6.07, 6.45) is 1.37. The van der Waals surface area contributed by atoms with Gasteiger partial charge in [0.15, 0.2) is 5.92 Å². The van der Waals surface area contributed by atoms with Gasteiger partial charge in [-0.3, -0.25) is 19.4 Å². The van der Waals surface area contributed by atoms with Crippen LogP contribution >= 0.6 is 0 Å². The van der Waals surface area contributed by atoms with Crippen LogP contribution in [0.3, 0.4) is 0 Å². The number of amides is 1. The van der Waals surface area contributed by atoms with E-state index in [4.69, 9.17) is 0 Å². The van der Waals surface area contributed by atoms with Crippen LogP contribution in [0.15, 0.2) is 24.4 Å². The van der Waals surface area contributed by atoms with Crippen molar-refractivity contribution >= 4 is 23.8 Å². The molecule has 0 fully saturated rings. The minimum atomic E-state index is -1.53. The lowest BCUT2D eigenvalue weighted by Crippen LogP contribution is -2.50. The van der Waals surface area contributed by atoms with Gasteiger partial charge < -0.3 is 19.9 Å². The largest absolute Gasteiger partial charge is 0.480 e. The monoisotopic (exact) mass is 338 g/mol. The van der Waals surface area contributed by atoms with Crippen LogP contribution in [0.5, 0.6) is 0 Å². The molecule has 0 unspecified atom stereocenters. The Kier molecular flexibility index (Phi) is 6.84. The number of ether oxygens (including phenoxy) is 2. The van der Waals surface area contributed by atoms with Crippen molar-refractivity contribution in [3.63, 3.8) is 0 Å². The van der Waals surface area contributed by atoms with Crippen LogP contribution < -0.4 is 5.32 Å². The third-order valence-electron chi connectivity index (χ3n) is 3.41. The number of rotatable bonds is 7. The van der Waals surface area contributed by atoms with Crippen LogP contribution in [0, 0.1) is 11.8 Å². The number of nitrogens with zero attached hydrogens (tertiary/aromatic N) is 1. The number of nitrogens with one attached hydrogen (secondary N) is 1. The van der Waals surface area contributed by atoms with Gasteiger partial charge in [-0.25, -0.2) is 4.79 Å². The van der Waals surface area contributed by atoms with E-state index in [1.54, 1.807) is 12.1 Å². The average Bonchev–Trinajstić information content (AvgIpc) is 2.59. The number of carbonyl (C=O) groups is 4. The standard InChI is InChI=1S/C15H18N2O7/c1-8(10(14(21)23-2)15(22)24-3)11(13(19)20)17-12(18)9-6-4-5-7-16-9/h4-8,10-11H,1-3H3,(H,17,18)(H,19,20)/t8-,11+/m0/s1. The molecular weight excluding hydrogens is 320 g/mol. The van der Waals surface area contributed by atoms with Gasteiger partial charge in [-0.05, 0) is 12.1 Å². The van der Waals surface area contributed by atoms with Crippen molar-refractivity contribution in [1.82, 2.24) is 10.3 Å². The van der Waals surface area contributed by atoms with E-state index in [-0.39, 0.29) is 5.69 Å². The summed E-state index contributed by atoms with van der Waals surface area (Å²) in [6.45, 7) is 1.33. The topological polar surface area (TPSA) is 132 Å². The van der Waals surface area contributed by atoms with Crippen molar-refractivity contribution < 1.29 is 33.8 Å². The molecule has 0 aliphatic rings. The van der Waals surface area contributed by atoms with Crippen molar-refractivity contribution in [2.24, 2.45) is 11.8 Å². The number of esters is 2. The molecule has 0 aromatic carbocycles. The van der Waals surface area contributed by atoms with Gasteiger partial charge in [0.1, 0.15) is 11.7 Å². The van der Waals surface area contributed by atoms with Gasteiger partial charge in [-0.2, -0.15) is 0 Å². The van der Waals surface area contributed by atoms with Crippen molar-refractivity contribution in [3.05, 3.63) is 30.1 Å². The molecule has 2 N–H and O–H groups in total. The molecule has 130 valence electrons. The lowest BCUT2D eigenvalue weighted by Gasteiger charge is -2.25. The molecule has 1 aromatic heterocycles. The predicted molar refractivity (Wildman–Crippen MR) is 79.8 cm³/mol. The molecule has 0 spiro atoms. The highest BCUT2D eigenvalue weighted by atomic mass is 16.5. The lowest BCUT2D eigenvalue weighted by atomic mass is 9.87. The molecule has 1 heterocycles. The van der Waals surface area contributed by atoms with Gasteiger partial charge in [-0.1, -0.05) is 13.0 Å². The minimum absolute atomic E-state index is 0.00337. The zero-order chi connectivity index (χ0) is 18.3. The summed E-state index contributed by atoms with van der Waals surface area (Å²) >= 11 is 0. The maximum Gasteiger partial charge on any atom is 0.326 e. The second kappa shape index (κ2) is 8.61. The number of methoxy groups -OCH3 is 2. The Hall–Kier alpha value is -2.97. The first-order chi connectivity index (χ1) is 11.3. The van der Waals surface area contributed by atoms with E-state index < -0.39 is 41.7 Å². The molecule has 0 saturated carbocycles. The fraction of sp³-hybridized carbons (Fsp3) is 0.400. The minimum Gasteiger partial charge on any atom is -0.480 e. The number of pyridine rings is 1. The highest BCUT2D eigenvalue weighted by Gasteiger charge is 2.42.